The molecule has 0 aliphatic heterocycles. The largest absolute Gasteiger partial charge is 0.508 e. The number of phenolic OH excluding ortho intramolecular Hbond substituents is 1. The number of carbonyl (C=O) groups is 1. The van der Waals surface area contributed by atoms with E-state index in [4.69, 9.17) is 15.9 Å². The Labute approximate surface area is 116 Å². The van der Waals surface area contributed by atoms with E-state index < -0.39 is 12.1 Å². The van der Waals surface area contributed by atoms with Gasteiger partial charge in [0.15, 0.2) is 0 Å². The second kappa shape index (κ2) is 7.88. The van der Waals surface area contributed by atoms with Crippen molar-refractivity contribution in [3.05, 3.63) is 59.9 Å². The van der Waals surface area contributed by atoms with Crippen LogP contribution in [0.15, 0.2) is 48.7 Å². The van der Waals surface area contributed by atoms with E-state index in [1.807, 2.05) is 0 Å². The van der Waals surface area contributed by atoms with Crippen molar-refractivity contribution in [3.8, 4) is 5.75 Å². The third kappa shape index (κ3) is 5.05. The molecular formula is C14H16N2O4. The molecule has 6 nitrogen and oxygen atoms in total. The molecule has 1 unspecified atom stereocenters. The normalized spacial score (nSPS) is 11.1. The monoisotopic (exact) mass is 276 g/mol. The van der Waals surface area contributed by atoms with Crippen LogP contribution < -0.4 is 5.73 Å². The van der Waals surface area contributed by atoms with E-state index >= 15 is 0 Å². The molecule has 1 atom stereocenters. The summed E-state index contributed by atoms with van der Waals surface area (Å²) in [6, 6.07) is 11.2. The molecule has 6 heteroatoms. The summed E-state index contributed by atoms with van der Waals surface area (Å²) in [5, 5.41) is 26.5. The van der Waals surface area contributed by atoms with Gasteiger partial charge in [0.2, 0.25) is 0 Å². The molecule has 0 saturated carbocycles. The van der Waals surface area contributed by atoms with Crippen molar-refractivity contribution in [1.29, 1.82) is 0 Å². The molecule has 0 amide bonds. The summed E-state index contributed by atoms with van der Waals surface area (Å²) >= 11 is 0. The molecule has 20 heavy (non-hydrogen) atoms. The highest BCUT2D eigenvalue weighted by Crippen LogP contribution is 2.16. The number of aliphatic hydroxyl groups excluding tert-OH is 1. The number of aromatic hydroxyl groups is 1. The zero-order valence-electron chi connectivity index (χ0n) is 10.7. The van der Waals surface area contributed by atoms with Crippen LogP contribution in [-0.2, 0) is 0 Å². The average Bonchev–Trinajstić information content (AvgIpc) is 2.48. The minimum atomic E-state index is -0.990. The van der Waals surface area contributed by atoms with Gasteiger partial charge in [0, 0.05) is 12.7 Å². The zero-order valence-corrected chi connectivity index (χ0v) is 10.7. The van der Waals surface area contributed by atoms with E-state index in [2.05, 4.69) is 4.98 Å². The standard InChI is InChI=1S/C8H11NO2.C6H5NO2/c9-5-8(11)6-2-1-3-7(10)4-6;8-6(9)5-3-1-2-4-7-5/h1-4,8,10-11H,5,9H2;1-4H,(H,8,9). The molecule has 106 valence electrons. The van der Waals surface area contributed by atoms with Gasteiger partial charge in [-0.05, 0) is 29.8 Å². The number of nitrogens with two attached hydrogens (primary N) is 1. The molecule has 0 spiro atoms. The Morgan fingerprint density at radius 1 is 1.25 bits per heavy atom. The second-order valence-corrected chi connectivity index (χ2v) is 3.87. The maximum Gasteiger partial charge on any atom is 0.354 e. The van der Waals surface area contributed by atoms with Crippen LogP contribution in [0.2, 0.25) is 0 Å². The lowest BCUT2D eigenvalue weighted by molar-refractivity contribution is 0.0690. The quantitative estimate of drug-likeness (QED) is 0.668. The van der Waals surface area contributed by atoms with Crippen molar-refractivity contribution >= 4 is 5.97 Å². The topological polar surface area (TPSA) is 117 Å². The highest BCUT2D eigenvalue weighted by Gasteiger charge is 2.03. The van der Waals surface area contributed by atoms with Crippen molar-refractivity contribution in [2.45, 2.75) is 6.10 Å². The van der Waals surface area contributed by atoms with Gasteiger partial charge in [-0.2, -0.15) is 0 Å². The number of carboxylic acids is 1. The van der Waals surface area contributed by atoms with Crippen molar-refractivity contribution < 1.29 is 20.1 Å². The van der Waals surface area contributed by atoms with Crippen molar-refractivity contribution in [3.63, 3.8) is 0 Å². The van der Waals surface area contributed by atoms with Crippen LogP contribution in [0.3, 0.4) is 0 Å². The first kappa shape index (κ1) is 15.6. The van der Waals surface area contributed by atoms with Crippen LogP contribution in [-0.4, -0.2) is 32.8 Å². The van der Waals surface area contributed by atoms with Gasteiger partial charge in [0.05, 0.1) is 6.10 Å². The second-order valence-electron chi connectivity index (χ2n) is 3.87. The van der Waals surface area contributed by atoms with Gasteiger partial charge in [0.25, 0.3) is 0 Å². The van der Waals surface area contributed by atoms with Gasteiger partial charge in [-0.25, -0.2) is 9.78 Å². The Kier molecular flexibility index (Phi) is 6.15. The predicted molar refractivity (Wildman–Crippen MR) is 73.3 cm³/mol. The first-order valence-corrected chi connectivity index (χ1v) is 5.86. The van der Waals surface area contributed by atoms with E-state index in [0.717, 1.165) is 0 Å². The lowest BCUT2D eigenvalue weighted by Gasteiger charge is -2.06. The number of nitrogens with zero attached hydrogens (tertiary/aromatic N) is 1. The van der Waals surface area contributed by atoms with Gasteiger partial charge >= 0.3 is 5.97 Å². The molecule has 0 fully saturated rings. The van der Waals surface area contributed by atoms with Crippen LogP contribution in [0.1, 0.15) is 22.2 Å². The van der Waals surface area contributed by atoms with E-state index in [9.17, 15) is 9.90 Å². The minimum absolute atomic E-state index is 0.0810. The number of aliphatic hydroxyl groups is 1. The van der Waals surface area contributed by atoms with E-state index in [0.29, 0.717) is 5.56 Å². The minimum Gasteiger partial charge on any atom is -0.508 e. The maximum absolute atomic E-state index is 10.1. The molecule has 0 aliphatic carbocycles. The number of rotatable bonds is 3. The third-order valence-corrected chi connectivity index (χ3v) is 2.36. The Morgan fingerprint density at radius 2 is 2.00 bits per heavy atom. The average molecular weight is 276 g/mol. The Bertz CT molecular complexity index is 546. The summed E-state index contributed by atoms with van der Waals surface area (Å²) in [6.07, 6.45) is 0.769. The number of phenols is 1. The van der Waals surface area contributed by atoms with Crippen molar-refractivity contribution in [2.24, 2.45) is 5.73 Å². The summed E-state index contributed by atoms with van der Waals surface area (Å²) in [5.74, 6) is -0.842. The van der Waals surface area contributed by atoms with Gasteiger partial charge in [-0.15, -0.1) is 0 Å². The van der Waals surface area contributed by atoms with Gasteiger partial charge < -0.3 is 21.1 Å². The molecule has 2 rings (SSSR count). The maximum atomic E-state index is 10.1. The summed E-state index contributed by atoms with van der Waals surface area (Å²) in [6.45, 7) is 0.170. The van der Waals surface area contributed by atoms with E-state index in [-0.39, 0.29) is 18.0 Å². The lowest BCUT2D eigenvalue weighted by atomic mass is 10.1. The summed E-state index contributed by atoms with van der Waals surface area (Å²) in [7, 11) is 0. The predicted octanol–water partition coefficient (Wildman–Crippen LogP) is 1.16. The van der Waals surface area contributed by atoms with E-state index in [1.165, 1.54) is 18.3 Å². The summed E-state index contributed by atoms with van der Waals surface area (Å²) in [4.78, 5) is 13.7. The number of carboxylic acid groups (broad SMARTS) is 1. The third-order valence-electron chi connectivity index (χ3n) is 2.36. The van der Waals surface area contributed by atoms with Crippen molar-refractivity contribution in [1.82, 2.24) is 4.98 Å². The number of benzene rings is 1. The molecule has 1 aromatic carbocycles. The first-order chi connectivity index (χ1) is 9.54. The van der Waals surface area contributed by atoms with Gasteiger partial charge in [-0.1, -0.05) is 18.2 Å². The molecule has 0 aliphatic rings. The Hall–Kier alpha value is -2.44. The van der Waals surface area contributed by atoms with Crippen LogP contribution in [0, 0.1) is 0 Å². The fourth-order valence-electron chi connectivity index (χ4n) is 1.36. The number of pyridine rings is 1. The Morgan fingerprint density at radius 3 is 2.45 bits per heavy atom. The molecule has 2 aromatic rings. The molecule has 0 radical (unpaired) electrons. The van der Waals surface area contributed by atoms with Crippen LogP contribution in [0.5, 0.6) is 5.75 Å². The molecule has 1 heterocycles. The summed E-state index contributed by atoms with van der Waals surface area (Å²) < 4.78 is 0. The molecule has 0 saturated heterocycles. The van der Waals surface area contributed by atoms with Gasteiger partial charge in [0.1, 0.15) is 11.4 Å². The smallest absolute Gasteiger partial charge is 0.354 e. The molecular weight excluding hydrogens is 260 g/mol. The van der Waals surface area contributed by atoms with Crippen molar-refractivity contribution in [2.75, 3.05) is 6.54 Å². The first-order valence-electron chi connectivity index (χ1n) is 5.86. The van der Waals surface area contributed by atoms with Crippen LogP contribution in [0.4, 0.5) is 0 Å². The number of hydrogen-bond acceptors (Lipinski definition) is 5. The number of hydrogen-bond donors (Lipinski definition) is 4. The number of aromatic nitrogens is 1. The van der Waals surface area contributed by atoms with E-state index in [1.54, 1.807) is 30.3 Å². The zero-order chi connectivity index (χ0) is 15.0. The van der Waals surface area contributed by atoms with Crippen LogP contribution in [0.25, 0.3) is 0 Å². The molecule has 5 N–H and O–H groups in total. The Balaban J connectivity index is 0.000000204. The highest BCUT2D eigenvalue weighted by atomic mass is 16.4. The SMILES string of the molecule is NCC(O)c1cccc(O)c1.O=C(O)c1ccccn1. The lowest BCUT2D eigenvalue weighted by Crippen LogP contribution is -2.11. The fourth-order valence-corrected chi connectivity index (χ4v) is 1.36. The van der Waals surface area contributed by atoms with Crippen LogP contribution >= 0.6 is 0 Å². The number of aromatic carboxylic acids is 1. The highest BCUT2D eigenvalue weighted by molar-refractivity contribution is 5.85. The van der Waals surface area contributed by atoms with Gasteiger partial charge in [-0.3, -0.25) is 0 Å². The molecule has 0 bridgehead atoms. The fraction of sp³-hybridized carbons (Fsp3) is 0.143. The summed E-state index contributed by atoms with van der Waals surface area (Å²) in [5.41, 5.74) is 5.95. The molecule has 1 aromatic heterocycles.